The third-order valence-electron chi connectivity index (χ3n) is 4.52. The molecule has 4 amide bonds. The summed E-state index contributed by atoms with van der Waals surface area (Å²) in [5.41, 5.74) is 5.22. The van der Waals surface area contributed by atoms with E-state index >= 15 is 0 Å². The molecule has 10 nitrogen and oxygen atoms in total. The van der Waals surface area contributed by atoms with Crippen LogP contribution in [0.1, 0.15) is 64.6 Å². The summed E-state index contributed by atoms with van der Waals surface area (Å²) in [4.78, 5) is 51.1. The van der Waals surface area contributed by atoms with Gasteiger partial charge >= 0.3 is 6.09 Å². The number of phenolic OH excluding ortho intramolecular Hbond substituents is 1. The van der Waals surface area contributed by atoms with E-state index in [9.17, 15) is 24.3 Å². The second kappa shape index (κ2) is 11.9. The Morgan fingerprint density at radius 2 is 1.82 bits per heavy atom. The monoisotopic (exact) mass is 474 g/mol. The fourth-order valence-corrected chi connectivity index (χ4v) is 3.06. The average molecular weight is 475 g/mol. The summed E-state index contributed by atoms with van der Waals surface area (Å²) in [7, 11) is 0. The molecule has 0 aromatic heterocycles. The van der Waals surface area contributed by atoms with Gasteiger partial charge in [-0.1, -0.05) is 12.5 Å². The number of nitrogens with two attached hydrogens (primary N) is 1. The Balaban J connectivity index is 3.42. The van der Waals surface area contributed by atoms with Crippen LogP contribution in [-0.2, 0) is 19.1 Å². The van der Waals surface area contributed by atoms with Crippen molar-refractivity contribution >= 4 is 23.8 Å². The number of carbonyl (C=O) groups is 4. The lowest BCUT2D eigenvalue weighted by Gasteiger charge is -2.31. The van der Waals surface area contributed by atoms with Gasteiger partial charge in [-0.25, -0.2) is 4.79 Å². The first-order valence-electron chi connectivity index (χ1n) is 10.8. The molecule has 0 spiro atoms. The van der Waals surface area contributed by atoms with Gasteiger partial charge in [0.25, 0.3) is 5.91 Å². The highest BCUT2D eigenvalue weighted by Crippen LogP contribution is 2.27. The molecule has 0 saturated heterocycles. The van der Waals surface area contributed by atoms with Crippen LogP contribution in [0.3, 0.4) is 0 Å². The Bertz CT molecular complexity index is 961. The number of phenols is 1. The third kappa shape index (κ3) is 8.65. The lowest BCUT2D eigenvalue weighted by Crippen LogP contribution is -2.52. The Morgan fingerprint density at radius 1 is 1.21 bits per heavy atom. The summed E-state index contributed by atoms with van der Waals surface area (Å²) < 4.78 is 5.22. The van der Waals surface area contributed by atoms with Gasteiger partial charge in [0.2, 0.25) is 11.8 Å². The highest BCUT2D eigenvalue weighted by molar-refractivity contribution is 5.93. The number of hydrogen-bond donors (Lipinski definition) is 4. The molecule has 1 rings (SSSR count). The molecule has 0 fully saturated rings. The van der Waals surface area contributed by atoms with E-state index in [1.165, 1.54) is 18.2 Å². The minimum atomic E-state index is -1.29. The fourth-order valence-electron chi connectivity index (χ4n) is 3.06. The van der Waals surface area contributed by atoms with Gasteiger partial charge in [-0.2, -0.15) is 0 Å². The second-order valence-corrected chi connectivity index (χ2v) is 9.15. The van der Waals surface area contributed by atoms with Gasteiger partial charge in [-0.05, 0) is 71.2 Å². The minimum Gasteiger partial charge on any atom is -0.508 e. The van der Waals surface area contributed by atoms with E-state index in [0.29, 0.717) is 11.1 Å². The number of amides is 4. The Hall–Kier alpha value is -3.74. The zero-order chi connectivity index (χ0) is 26.2. The molecule has 0 aliphatic heterocycles. The van der Waals surface area contributed by atoms with Crippen LogP contribution < -0.4 is 16.4 Å². The molecule has 0 radical (unpaired) electrons. The molecule has 1 aromatic carbocycles. The van der Waals surface area contributed by atoms with Crippen LogP contribution in [0.25, 0.3) is 0 Å². The number of alkyl carbamates (subject to hydrolysis) is 1. The van der Waals surface area contributed by atoms with Gasteiger partial charge < -0.3 is 26.2 Å². The van der Waals surface area contributed by atoms with E-state index in [4.69, 9.17) is 16.9 Å². The van der Waals surface area contributed by atoms with Gasteiger partial charge in [0.05, 0.1) is 0 Å². The number of hydrogen-bond acceptors (Lipinski definition) is 6. The average Bonchev–Trinajstić information content (AvgIpc) is 2.68. The lowest BCUT2D eigenvalue weighted by molar-refractivity contribution is -0.139. The van der Waals surface area contributed by atoms with Crippen LogP contribution in [0.5, 0.6) is 5.75 Å². The molecule has 186 valence electrons. The molecule has 0 heterocycles. The first kappa shape index (κ1) is 28.3. The molecule has 2 unspecified atom stereocenters. The number of nitrogens with one attached hydrogen (secondary N) is 2. The van der Waals surface area contributed by atoms with Crippen molar-refractivity contribution in [1.82, 2.24) is 15.5 Å². The molecule has 0 saturated carbocycles. The maximum Gasteiger partial charge on any atom is 0.408 e. The second-order valence-electron chi connectivity index (χ2n) is 9.15. The summed E-state index contributed by atoms with van der Waals surface area (Å²) >= 11 is 0. The van der Waals surface area contributed by atoms with Crippen LogP contribution in [0.2, 0.25) is 0 Å². The van der Waals surface area contributed by atoms with Crippen LogP contribution >= 0.6 is 0 Å². The Morgan fingerprint density at radius 3 is 2.29 bits per heavy atom. The molecule has 0 aliphatic carbocycles. The summed E-state index contributed by atoms with van der Waals surface area (Å²) in [6, 6.07) is 3.83. The molecule has 10 heteroatoms. The molecule has 0 bridgehead atoms. The topological polar surface area (TPSA) is 151 Å². The molecule has 1 aromatic rings. The highest BCUT2D eigenvalue weighted by atomic mass is 16.6. The Kier molecular flexibility index (Phi) is 9.93. The number of nitrogens with zero attached hydrogens (tertiary/aromatic N) is 1. The van der Waals surface area contributed by atoms with E-state index in [2.05, 4.69) is 16.7 Å². The normalized spacial score (nSPS) is 12.8. The van der Waals surface area contributed by atoms with Crippen molar-refractivity contribution in [2.24, 2.45) is 5.73 Å². The SMILES string of the molecule is C#CN(C(=O)C(CCC(N)=O)NC(=O)OC(C)(C)C)C(C(=O)NC(C)C)c1ccc(O)c(C)c1. The largest absolute Gasteiger partial charge is 0.508 e. The Labute approximate surface area is 200 Å². The van der Waals surface area contributed by atoms with Gasteiger partial charge in [-0.15, -0.1) is 0 Å². The van der Waals surface area contributed by atoms with Crippen molar-refractivity contribution in [3.63, 3.8) is 0 Å². The van der Waals surface area contributed by atoms with Crippen LogP contribution in [0.15, 0.2) is 18.2 Å². The lowest BCUT2D eigenvalue weighted by atomic mass is 10.00. The predicted molar refractivity (Wildman–Crippen MR) is 126 cm³/mol. The number of aromatic hydroxyl groups is 1. The zero-order valence-electron chi connectivity index (χ0n) is 20.5. The van der Waals surface area contributed by atoms with E-state index in [-0.39, 0.29) is 24.6 Å². The number of terminal acetylenes is 1. The number of rotatable bonds is 9. The van der Waals surface area contributed by atoms with Crippen molar-refractivity contribution in [2.45, 2.75) is 78.1 Å². The number of aryl methyl sites for hydroxylation is 1. The maximum atomic E-state index is 13.5. The van der Waals surface area contributed by atoms with Crippen LogP contribution in [-0.4, -0.2) is 51.5 Å². The molecular formula is C24H34N4O6. The zero-order valence-corrected chi connectivity index (χ0v) is 20.5. The molecule has 34 heavy (non-hydrogen) atoms. The fraction of sp³-hybridized carbons (Fsp3) is 0.500. The van der Waals surface area contributed by atoms with Gasteiger partial charge in [-0.3, -0.25) is 19.3 Å². The quantitative estimate of drug-likeness (QED) is 0.317. The van der Waals surface area contributed by atoms with Crippen LogP contribution in [0.4, 0.5) is 4.79 Å². The van der Waals surface area contributed by atoms with Gasteiger partial charge in [0.1, 0.15) is 23.4 Å². The van der Waals surface area contributed by atoms with E-state index in [0.717, 1.165) is 4.90 Å². The number of primary amides is 1. The van der Waals surface area contributed by atoms with Crippen molar-refractivity contribution in [1.29, 1.82) is 0 Å². The summed E-state index contributed by atoms with van der Waals surface area (Å²) in [6.07, 6.45) is 4.40. The van der Waals surface area contributed by atoms with Crippen molar-refractivity contribution in [3.8, 4) is 18.2 Å². The standard InChI is InChI=1S/C24H34N4O6/c1-8-28(20(21(31)26-14(2)3)16-9-11-18(29)15(4)13-16)22(32)17(10-12-19(25)30)27-23(33)34-24(5,6)7/h1,9,11,13-14,17,20,29H,10,12H2,2-7H3,(H2,25,30)(H,26,31)(H,27,33). The van der Waals surface area contributed by atoms with Gasteiger partial charge in [0, 0.05) is 18.5 Å². The number of ether oxygens (including phenoxy) is 1. The van der Waals surface area contributed by atoms with Crippen molar-refractivity contribution in [3.05, 3.63) is 29.3 Å². The third-order valence-corrected chi connectivity index (χ3v) is 4.52. The smallest absolute Gasteiger partial charge is 0.408 e. The summed E-state index contributed by atoms with van der Waals surface area (Å²) in [6.45, 7) is 10.1. The molecule has 5 N–H and O–H groups in total. The molecule has 2 atom stereocenters. The first-order chi connectivity index (χ1) is 15.7. The first-order valence-corrected chi connectivity index (χ1v) is 10.8. The summed E-state index contributed by atoms with van der Waals surface area (Å²) in [5.74, 6) is -2.03. The van der Waals surface area contributed by atoms with E-state index in [1.54, 1.807) is 41.5 Å². The van der Waals surface area contributed by atoms with Gasteiger partial charge in [0.15, 0.2) is 0 Å². The number of carbonyl (C=O) groups excluding carboxylic acids is 4. The predicted octanol–water partition coefficient (Wildman–Crippen LogP) is 1.84. The van der Waals surface area contributed by atoms with Crippen molar-refractivity contribution < 1.29 is 29.0 Å². The highest BCUT2D eigenvalue weighted by Gasteiger charge is 2.36. The van der Waals surface area contributed by atoms with E-state index in [1.807, 2.05) is 0 Å². The summed E-state index contributed by atoms with van der Waals surface area (Å²) in [5, 5.41) is 15.0. The minimum absolute atomic E-state index is 0.0104. The number of benzene rings is 1. The van der Waals surface area contributed by atoms with Crippen molar-refractivity contribution in [2.75, 3.05) is 0 Å². The molecule has 0 aliphatic rings. The molecular weight excluding hydrogens is 440 g/mol. The van der Waals surface area contributed by atoms with Crippen LogP contribution in [0, 0.1) is 19.4 Å². The van der Waals surface area contributed by atoms with E-state index < -0.39 is 41.5 Å². The maximum absolute atomic E-state index is 13.5.